The predicted molar refractivity (Wildman–Crippen MR) is 120 cm³/mol. The first-order valence-electron chi connectivity index (χ1n) is 11.7. The van der Waals surface area contributed by atoms with Crippen LogP contribution in [0.1, 0.15) is 64.1 Å². The molecule has 3 N–H and O–H groups in total. The SMILES string of the molecule is CCCCCC(CN(O)C=O)C(=O)NNc1nc(C2CC2)nc(N2CCN(CC)CC2)n1. The smallest absolute Gasteiger partial charge is 0.246 e. The summed E-state index contributed by atoms with van der Waals surface area (Å²) in [5.41, 5.74) is 5.51. The average molecular weight is 449 g/mol. The largest absolute Gasteiger partial charge is 0.338 e. The normalized spacial score (nSPS) is 17.7. The van der Waals surface area contributed by atoms with E-state index in [2.05, 4.69) is 49.5 Å². The van der Waals surface area contributed by atoms with Crippen molar-refractivity contribution in [2.45, 2.75) is 58.3 Å². The lowest BCUT2D eigenvalue weighted by molar-refractivity contribution is -0.154. The summed E-state index contributed by atoms with van der Waals surface area (Å²) in [6.45, 7) is 8.86. The molecule has 0 spiro atoms. The summed E-state index contributed by atoms with van der Waals surface area (Å²) in [5, 5.41) is 10.1. The summed E-state index contributed by atoms with van der Waals surface area (Å²) in [6, 6.07) is 0. The van der Waals surface area contributed by atoms with Crippen molar-refractivity contribution < 1.29 is 14.8 Å². The van der Waals surface area contributed by atoms with Gasteiger partial charge < -0.3 is 9.80 Å². The Labute approximate surface area is 189 Å². The Morgan fingerprint density at radius 2 is 1.94 bits per heavy atom. The molecule has 178 valence electrons. The second kappa shape index (κ2) is 11.9. The van der Waals surface area contributed by atoms with Gasteiger partial charge in [0, 0.05) is 32.1 Å². The second-order valence-electron chi connectivity index (χ2n) is 8.55. The van der Waals surface area contributed by atoms with Gasteiger partial charge in [-0.15, -0.1) is 0 Å². The van der Waals surface area contributed by atoms with E-state index in [1.165, 1.54) is 0 Å². The van der Waals surface area contributed by atoms with E-state index in [0.717, 1.165) is 70.7 Å². The van der Waals surface area contributed by atoms with Crippen molar-refractivity contribution in [3.63, 3.8) is 0 Å². The van der Waals surface area contributed by atoms with Crippen LogP contribution in [0.15, 0.2) is 0 Å². The van der Waals surface area contributed by atoms with E-state index >= 15 is 0 Å². The van der Waals surface area contributed by atoms with Crippen molar-refractivity contribution in [2.24, 2.45) is 5.92 Å². The summed E-state index contributed by atoms with van der Waals surface area (Å²) in [5.74, 6) is 1.21. The lowest BCUT2D eigenvalue weighted by Crippen LogP contribution is -2.47. The minimum Gasteiger partial charge on any atom is -0.338 e. The van der Waals surface area contributed by atoms with Crippen molar-refractivity contribution in [1.82, 2.24) is 30.3 Å². The molecule has 11 nitrogen and oxygen atoms in total. The molecular weight excluding hydrogens is 412 g/mol. The van der Waals surface area contributed by atoms with Crippen molar-refractivity contribution in [1.29, 1.82) is 0 Å². The molecule has 2 aliphatic rings. The number of hydroxylamine groups is 2. The fourth-order valence-corrected chi connectivity index (χ4v) is 3.80. The number of carbonyl (C=O) groups excluding carboxylic acids is 2. The molecule has 0 bridgehead atoms. The molecule has 1 aliphatic carbocycles. The van der Waals surface area contributed by atoms with Crippen LogP contribution in [-0.2, 0) is 9.59 Å². The van der Waals surface area contributed by atoms with E-state index in [-0.39, 0.29) is 12.5 Å². The Morgan fingerprint density at radius 1 is 1.19 bits per heavy atom. The zero-order chi connectivity index (χ0) is 22.9. The number of nitrogens with one attached hydrogen (secondary N) is 2. The number of anilines is 2. The van der Waals surface area contributed by atoms with Crippen LogP contribution in [0.4, 0.5) is 11.9 Å². The Hall–Kier alpha value is -2.53. The van der Waals surface area contributed by atoms with E-state index in [0.29, 0.717) is 35.7 Å². The lowest BCUT2D eigenvalue weighted by atomic mass is 10.0. The summed E-state index contributed by atoms with van der Waals surface area (Å²) in [6.07, 6.45) is 5.86. The van der Waals surface area contributed by atoms with Gasteiger partial charge in [0.2, 0.25) is 24.2 Å². The highest BCUT2D eigenvalue weighted by atomic mass is 16.5. The topological polar surface area (TPSA) is 127 Å². The number of rotatable bonds is 13. The molecule has 1 unspecified atom stereocenters. The third-order valence-corrected chi connectivity index (χ3v) is 6.04. The van der Waals surface area contributed by atoms with E-state index < -0.39 is 5.92 Å². The molecule has 1 saturated heterocycles. The molecule has 1 aliphatic heterocycles. The van der Waals surface area contributed by atoms with Gasteiger partial charge in [-0.3, -0.25) is 25.6 Å². The number of hydrazine groups is 1. The highest BCUT2D eigenvalue weighted by Crippen LogP contribution is 2.38. The molecule has 3 rings (SSSR count). The summed E-state index contributed by atoms with van der Waals surface area (Å²) in [7, 11) is 0. The molecule has 1 aromatic heterocycles. The molecular formula is C21H36N8O3. The van der Waals surface area contributed by atoms with Crippen molar-refractivity contribution >= 4 is 24.2 Å². The zero-order valence-electron chi connectivity index (χ0n) is 19.2. The third kappa shape index (κ3) is 6.99. The number of amides is 2. The van der Waals surface area contributed by atoms with Gasteiger partial charge in [-0.25, -0.2) is 5.06 Å². The van der Waals surface area contributed by atoms with Crippen LogP contribution in [0.25, 0.3) is 0 Å². The molecule has 11 heteroatoms. The first-order chi connectivity index (χ1) is 15.5. The summed E-state index contributed by atoms with van der Waals surface area (Å²) < 4.78 is 0. The maximum Gasteiger partial charge on any atom is 0.246 e. The molecule has 2 fully saturated rings. The predicted octanol–water partition coefficient (Wildman–Crippen LogP) is 1.38. The number of piperazine rings is 1. The van der Waals surface area contributed by atoms with Crippen LogP contribution >= 0.6 is 0 Å². The van der Waals surface area contributed by atoms with Gasteiger partial charge in [0.25, 0.3) is 0 Å². The van der Waals surface area contributed by atoms with Gasteiger partial charge in [0.1, 0.15) is 5.82 Å². The minimum absolute atomic E-state index is 0.0573. The Kier molecular flexibility index (Phi) is 8.98. The monoisotopic (exact) mass is 448 g/mol. The average Bonchev–Trinajstić information content (AvgIpc) is 3.67. The molecule has 2 heterocycles. The maximum atomic E-state index is 12.7. The van der Waals surface area contributed by atoms with E-state index in [1.807, 2.05) is 0 Å². The van der Waals surface area contributed by atoms with Gasteiger partial charge in [-0.1, -0.05) is 33.1 Å². The fraction of sp³-hybridized carbons (Fsp3) is 0.762. The van der Waals surface area contributed by atoms with Crippen molar-refractivity contribution in [2.75, 3.05) is 49.6 Å². The van der Waals surface area contributed by atoms with Gasteiger partial charge >= 0.3 is 0 Å². The number of aromatic nitrogens is 3. The number of likely N-dealkylation sites (N-methyl/N-ethyl adjacent to an activating group) is 1. The summed E-state index contributed by atoms with van der Waals surface area (Å²) in [4.78, 5) is 41.8. The fourth-order valence-electron chi connectivity index (χ4n) is 3.80. The maximum absolute atomic E-state index is 12.7. The standard InChI is InChI=1S/C21H36N8O3/c1-3-5-6-7-17(14-29(32)15-30)19(31)25-26-20-22-18(16-8-9-16)23-21(24-20)28-12-10-27(4-2)11-13-28/h15-17,32H,3-14H2,1-2H3,(H,25,31)(H,22,23,24,26). The van der Waals surface area contributed by atoms with E-state index in [4.69, 9.17) is 0 Å². The number of unbranched alkanes of at least 4 members (excludes halogenated alkanes) is 2. The van der Waals surface area contributed by atoms with Crippen LogP contribution in [0.2, 0.25) is 0 Å². The highest BCUT2D eigenvalue weighted by molar-refractivity contribution is 5.80. The van der Waals surface area contributed by atoms with E-state index in [1.54, 1.807) is 0 Å². The first kappa shape index (κ1) is 24.1. The van der Waals surface area contributed by atoms with Gasteiger partial charge in [-0.05, 0) is 25.8 Å². The summed E-state index contributed by atoms with van der Waals surface area (Å²) >= 11 is 0. The molecule has 32 heavy (non-hydrogen) atoms. The number of carbonyl (C=O) groups is 2. The number of nitrogens with zero attached hydrogens (tertiary/aromatic N) is 6. The zero-order valence-corrected chi connectivity index (χ0v) is 19.2. The number of hydrogen-bond donors (Lipinski definition) is 3. The molecule has 1 saturated carbocycles. The van der Waals surface area contributed by atoms with Crippen molar-refractivity contribution in [3.05, 3.63) is 5.82 Å². The van der Waals surface area contributed by atoms with Crippen LogP contribution < -0.4 is 15.8 Å². The van der Waals surface area contributed by atoms with Crippen LogP contribution in [0, 0.1) is 5.92 Å². The van der Waals surface area contributed by atoms with Crippen LogP contribution in [-0.4, -0.2) is 81.7 Å². The Morgan fingerprint density at radius 3 is 2.56 bits per heavy atom. The second-order valence-corrected chi connectivity index (χ2v) is 8.55. The molecule has 1 atom stereocenters. The number of hydrogen-bond acceptors (Lipinski definition) is 9. The molecule has 0 aromatic carbocycles. The van der Waals surface area contributed by atoms with Crippen LogP contribution in [0.3, 0.4) is 0 Å². The van der Waals surface area contributed by atoms with Crippen molar-refractivity contribution in [3.8, 4) is 0 Å². The molecule has 2 amide bonds. The highest BCUT2D eigenvalue weighted by Gasteiger charge is 2.29. The third-order valence-electron chi connectivity index (χ3n) is 6.04. The van der Waals surface area contributed by atoms with Crippen LogP contribution in [0.5, 0.6) is 0 Å². The first-order valence-corrected chi connectivity index (χ1v) is 11.7. The van der Waals surface area contributed by atoms with E-state index in [9.17, 15) is 14.8 Å². The quantitative estimate of drug-likeness (QED) is 0.177. The van der Waals surface area contributed by atoms with Gasteiger partial charge in [0.15, 0.2) is 0 Å². The lowest BCUT2D eigenvalue weighted by Gasteiger charge is -2.34. The molecule has 0 radical (unpaired) electrons. The van der Waals surface area contributed by atoms with Gasteiger partial charge in [-0.2, -0.15) is 15.0 Å². The minimum atomic E-state index is -0.532. The Balaban J connectivity index is 1.65. The Bertz CT molecular complexity index is 753. The molecule has 1 aromatic rings. The van der Waals surface area contributed by atoms with Gasteiger partial charge in [0.05, 0.1) is 12.5 Å².